The SMILES string of the molecule is N#CCC(CC(=O)c1ccc[nH]1)c1ccccc1. The molecule has 0 saturated heterocycles. The molecule has 0 bridgehead atoms. The lowest BCUT2D eigenvalue weighted by atomic mass is 9.90. The summed E-state index contributed by atoms with van der Waals surface area (Å²) in [6.45, 7) is 0. The first-order chi connectivity index (χ1) is 8.81. The van der Waals surface area contributed by atoms with Crippen LogP contribution in [-0.4, -0.2) is 10.8 Å². The van der Waals surface area contributed by atoms with Gasteiger partial charge in [-0.05, 0) is 17.7 Å². The molecule has 1 unspecified atom stereocenters. The monoisotopic (exact) mass is 238 g/mol. The smallest absolute Gasteiger partial charge is 0.179 e. The number of rotatable bonds is 5. The molecular weight excluding hydrogens is 224 g/mol. The third kappa shape index (κ3) is 2.86. The number of H-pyrrole nitrogens is 1. The molecular formula is C15H14N2O. The second-order valence-electron chi connectivity index (χ2n) is 4.18. The fraction of sp³-hybridized carbons (Fsp3) is 0.200. The molecule has 0 aliphatic rings. The van der Waals surface area contributed by atoms with Crippen molar-refractivity contribution in [3.63, 3.8) is 0 Å². The summed E-state index contributed by atoms with van der Waals surface area (Å²) < 4.78 is 0. The molecule has 90 valence electrons. The van der Waals surface area contributed by atoms with Gasteiger partial charge >= 0.3 is 0 Å². The zero-order valence-corrected chi connectivity index (χ0v) is 9.97. The van der Waals surface area contributed by atoms with Crippen molar-refractivity contribution < 1.29 is 4.79 Å². The van der Waals surface area contributed by atoms with Crippen LogP contribution in [0.2, 0.25) is 0 Å². The number of nitrogens with zero attached hydrogens (tertiary/aromatic N) is 1. The maximum absolute atomic E-state index is 12.0. The van der Waals surface area contributed by atoms with Gasteiger partial charge in [-0.25, -0.2) is 0 Å². The Labute approximate surface area is 106 Å². The summed E-state index contributed by atoms with van der Waals surface area (Å²) in [6.07, 6.45) is 2.45. The summed E-state index contributed by atoms with van der Waals surface area (Å²) in [5, 5.41) is 8.87. The Balaban J connectivity index is 2.13. The lowest BCUT2D eigenvalue weighted by Crippen LogP contribution is -2.07. The lowest BCUT2D eigenvalue weighted by Gasteiger charge is -2.12. The van der Waals surface area contributed by atoms with E-state index in [-0.39, 0.29) is 11.7 Å². The largest absolute Gasteiger partial charge is 0.359 e. The van der Waals surface area contributed by atoms with Crippen LogP contribution in [0.25, 0.3) is 0 Å². The molecule has 3 nitrogen and oxygen atoms in total. The molecule has 0 fully saturated rings. The Morgan fingerprint density at radius 3 is 2.61 bits per heavy atom. The minimum Gasteiger partial charge on any atom is -0.359 e. The molecule has 1 aromatic heterocycles. The van der Waals surface area contributed by atoms with Crippen molar-refractivity contribution in [2.24, 2.45) is 0 Å². The van der Waals surface area contributed by atoms with Gasteiger partial charge in [0.25, 0.3) is 0 Å². The summed E-state index contributed by atoms with van der Waals surface area (Å²) in [6, 6.07) is 15.4. The third-order valence-electron chi connectivity index (χ3n) is 2.94. The number of ketones is 1. The van der Waals surface area contributed by atoms with Crippen LogP contribution >= 0.6 is 0 Å². The lowest BCUT2D eigenvalue weighted by molar-refractivity contribution is 0.0969. The molecule has 1 heterocycles. The molecule has 0 radical (unpaired) electrons. The summed E-state index contributed by atoms with van der Waals surface area (Å²) in [5.74, 6) is 0.0103. The molecule has 3 heteroatoms. The minimum absolute atomic E-state index is 0.0352. The fourth-order valence-electron chi connectivity index (χ4n) is 1.98. The number of nitriles is 1. The van der Waals surface area contributed by atoms with Gasteiger partial charge in [0.2, 0.25) is 0 Å². The standard InChI is InChI=1S/C15H14N2O/c16-9-8-13(12-5-2-1-3-6-12)11-15(18)14-7-4-10-17-14/h1-7,10,13,17H,8,11H2. The Morgan fingerprint density at radius 1 is 1.22 bits per heavy atom. The maximum atomic E-state index is 12.0. The Kier molecular flexibility index (Phi) is 3.93. The Hall–Kier alpha value is -2.34. The zero-order valence-electron chi connectivity index (χ0n) is 9.97. The molecule has 1 atom stereocenters. The highest BCUT2D eigenvalue weighted by Gasteiger charge is 2.17. The minimum atomic E-state index is -0.0352. The predicted octanol–water partition coefficient (Wildman–Crippen LogP) is 3.28. The first-order valence-electron chi connectivity index (χ1n) is 5.89. The molecule has 2 rings (SSSR count). The van der Waals surface area contributed by atoms with Crippen molar-refractivity contribution >= 4 is 5.78 Å². The van der Waals surface area contributed by atoms with Gasteiger partial charge in [-0.15, -0.1) is 0 Å². The van der Waals surface area contributed by atoms with E-state index in [1.165, 1.54) is 0 Å². The Morgan fingerprint density at radius 2 is 2.00 bits per heavy atom. The predicted molar refractivity (Wildman–Crippen MR) is 69.2 cm³/mol. The number of hydrogen-bond acceptors (Lipinski definition) is 2. The topological polar surface area (TPSA) is 56.6 Å². The highest BCUT2D eigenvalue weighted by Crippen LogP contribution is 2.24. The van der Waals surface area contributed by atoms with E-state index in [4.69, 9.17) is 5.26 Å². The third-order valence-corrected chi connectivity index (χ3v) is 2.94. The van der Waals surface area contributed by atoms with Gasteiger partial charge in [0, 0.05) is 25.0 Å². The average molecular weight is 238 g/mol. The van der Waals surface area contributed by atoms with Crippen LogP contribution in [-0.2, 0) is 0 Å². The summed E-state index contributed by atoms with van der Waals surface area (Å²) >= 11 is 0. The highest BCUT2D eigenvalue weighted by atomic mass is 16.1. The second-order valence-corrected chi connectivity index (χ2v) is 4.18. The molecule has 1 aromatic carbocycles. The van der Waals surface area contributed by atoms with Gasteiger partial charge in [-0.2, -0.15) is 5.26 Å². The summed E-state index contributed by atoms with van der Waals surface area (Å²) in [5.41, 5.74) is 1.65. The van der Waals surface area contributed by atoms with E-state index >= 15 is 0 Å². The van der Waals surface area contributed by atoms with E-state index in [9.17, 15) is 4.79 Å². The number of carbonyl (C=O) groups is 1. The van der Waals surface area contributed by atoms with Crippen LogP contribution in [0.1, 0.15) is 34.8 Å². The average Bonchev–Trinajstić information content (AvgIpc) is 2.93. The van der Waals surface area contributed by atoms with Gasteiger partial charge < -0.3 is 4.98 Å². The molecule has 2 aromatic rings. The summed E-state index contributed by atoms with van der Waals surface area (Å²) in [7, 11) is 0. The molecule has 0 aliphatic carbocycles. The van der Waals surface area contributed by atoms with Crippen molar-refractivity contribution in [2.45, 2.75) is 18.8 Å². The van der Waals surface area contributed by atoms with E-state index < -0.39 is 0 Å². The molecule has 0 aliphatic heterocycles. The normalized spacial score (nSPS) is 11.7. The number of hydrogen-bond donors (Lipinski definition) is 1. The number of carbonyl (C=O) groups excluding carboxylic acids is 1. The number of nitrogens with one attached hydrogen (secondary N) is 1. The van der Waals surface area contributed by atoms with Crippen molar-refractivity contribution in [3.05, 3.63) is 59.9 Å². The number of aromatic nitrogens is 1. The molecule has 0 spiro atoms. The second kappa shape index (κ2) is 5.83. The van der Waals surface area contributed by atoms with E-state index in [0.717, 1.165) is 5.56 Å². The summed E-state index contributed by atoms with van der Waals surface area (Å²) in [4.78, 5) is 14.9. The van der Waals surface area contributed by atoms with Crippen LogP contribution in [0.15, 0.2) is 48.7 Å². The molecule has 0 amide bonds. The number of Topliss-reactive ketones (excluding diaryl/α,β-unsaturated/α-hetero) is 1. The van der Waals surface area contributed by atoms with E-state index in [2.05, 4.69) is 11.1 Å². The maximum Gasteiger partial charge on any atom is 0.179 e. The van der Waals surface area contributed by atoms with Gasteiger partial charge in [-0.1, -0.05) is 30.3 Å². The van der Waals surface area contributed by atoms with E-state index in [1.807, 2.05) is 30.3 Å². The molecule has 0 saturated carbocycles. The van der Waals surface area contributed by atoms with Crippen molar-refractivity contribution in [1.82, 2.24) is 4.98 Å². The van der Waals surface area contributed by atoms with Gasteiger partial charge in [0.05, 0.1) is 11.8 Å². The van der Waals surface area contributed by atoms with Crippen LogP contribution in [0.5, 0.6) is 0 Å². The van der Waals surface area contributed by atoms with E-state index in [1.54, 1.807) is 18.3 Å². The number of aromatic amines is 1. The first kappa shape index (κ1) is 12.1. The van der Waals surface area contributed by atoms with E-state index in [0.29, 0.717) is 18.5 Å². The van der Waals surface area contributed by atoms with Gasteiger partial charge in [-0.3, -0.25) is 4.79 Å². The van der Waals surface area contributed by atoms with Crippen molar-refractivity contribution in [3.8, 4) is 6.07 Å². The van der Waals surface area contributed by atoms with Crippen LogP contribution in [0.4, 0.5) is 0 Å². The fourth-order valence-corrected chi connectivity index (χ4v) is 1.98. The first-order valence-corrected chi connectivity index (χ1v) is 5.89. The van der Waals surface area contributed by atoms with Crippen LogP contribution in [0, 0.1) is 11.3 Å². The van der Waals surface area contributed by atoms with Crippen LogP contribution in [0.3, 0.4) is 0 Å². The number of benzene rings is 1. The van der Waals surface area contributed by atoms with Crippen molar-refractivity contribution in [2.75, 3.05) is 0 Å². The van der Waals surface area contributed by atoms with Crippen LogP contribution < -0.4 is 0 Å². The van der Waals surface area contributed by atoms with Crippen molar-refractivity contribution in [1.29, 1.82) is 5.26 Å². The molecule has 18 heavy (non-hydrogen) atoms. The van der Waals surface area contributed by atoms with Gasteiger partial charge in [0.15, 0.2) is 5.78 Å². The molecule has 1 N–H and O–H groups in total. The van der Waals surface area contributed by atoms with Gasteiger partial charge in [0.1, 0.15) is 0 Å². The quantitative estimate of drug-likeness (QED) is 0.812. The Bertz CT molecular complexity index is 538. The zero-order chi connectivity index (χ0) is 12.8. The highest BCUT2D eigenvalue weighted by molar-refractivity contribution is 5.94.